The summed E-state index contributed by atoms with van der Waals surface area (Å²) in [5.41, 5.74) is 2.16. The van der Waals surface area contributed by atoms with Crippen molar-refractivity contribution in [2.45, 2.75) is 46.4 Å². The molecule has 1 aliphatic heterocycles. The van der Waals surface area contributed by atoms with Crippen molar-refractivity contribution >= 4 is 0 Å². The van der Waals surface area contributed by atoms with Crippen LogP contribution in [0.1, 0.15) is 23.8 Å². The quantitative estimate of drug-likeness (QED) is 0.778. The van der Waals surface area contributed by atoms with Crippen molar-refractivity contribution in [3.8, 4) is 11.5 Å². The lowest BCUT2D eigenvalue weighted by atomic mass is 10.3. The topological polar surface area (TPSA) is 78.4 Å². The maximum absolute atomic E-state index is 4.75. The molecule has 3 aromatic rings. The Kier molecular flexibility index (Phi) is 3.89. The zero-order valence-corrected chi connectivity index (χ0v) is 14.1. The van der Waals surface area contributed by atoms with Crippen molar-refractivity contribution in [1.82, 2.24) is 39.4 Å². The molecule has 0 bridgehead atoms. The predicted molar refractivity (Wildman–Crippen MR) is 89.3 cm³/mol. The minimum absolute atomic E-state index is 0.769. The lowest BCUT2D eigenvalue weighted by Crippen LogP contribution is -2.12. The third-order valence-electron chi connectivity index (χ3n) is 4.35. The normalized spacial score (nSPS) is 14.6. The van der Waals surface area contributed by atoms with Crippen LogP contribution in [-0.4, -0.2) is 40.6 Å². The summed E-state index contributed by atoms with van der Waals surface area (Å²) in [6.07, 6.45) is 4.93. The Morgan fingerprint density at radius 3 is 2.96 bits per heavy atom. The summed E-state index contributed by atoms with van der Waals surface area (Å²) in [5, 5.41) is 12.6. The zero-order chi connectivity index (χ0) is 16.5. The van der Waals surface area contributed by atoms with E-state index in [9.17, 15) is 0 Å². The Bertz CT molecular complexity index is 817. The van der Waals surface area contributed by atoms with Crippen LogP contribution in [0.25, 0.3) is 11.5 Å². The van der Waals surface area contributed by atoms with Gasteiger partial charge in [-0.05, 0) is 32.9 Å². The highest BCUT2D eigenvalue weighted by Crippen LogP contribution is 2.19. The van der Waals surface area contributed by atoms with Crippen LogP contribution in [0.4, 0.5) is 0 Å². The molecule has 8 nitrogen and oxygen atoms in total. The van der Waals surface area contributed by atoms with Crippen molar-refractivity contribution in [3.63, 3.8) is 0 Å². The number of rotatable bonds is 4. The van der Waals surface area contributed by atoms with Crippen molar-refractivity contribution in [1.29, 1.82) is 0 Å². The van der Waals surface area contributed by atoms with Crippen LogP contribution >= 0.6 is 0 Å². The van der Waals surface area contributed by atoms with Crippen molar-refractivity contribution < 1.29 is 0 Å². The summed E-state index contributed by atoms with van der Waals surface area (Å²) in [5.74, 6) is 2.66. The van der Waals surface area contributed by atoms with Gasteiger partial charge in [-0.1, -0.05) is 0 Å². The first kappa shape index (κ1) is 15.1. The van der Waals surface area contributed by atoms with E-state index in [1.165, 1.54) is 5.69 Å². The van der Waals surface area contributed by atoms with Crippen LogP contribution in [0.2, 0.25) is 0 Å². The van der Waals surface area contributed by atoms with E-state index in [2.05, 4.69) is 35.7 Å². The maximum Gasteiger partial charge on any atom is 0.160 e. The van der Waals surface area contributed by atoms with E-state index < -0.39 is 0 Å². The summed E-state index contributed by atoms with van der Waals surface area (Å²) < 4.78 is 6.16. The van der Waals surface area contributed by atoms with E-state index in [-0.39, 0.29) is 0 Å². The minimum Gasteiger partial charge on any atom is -0.328 e. The third kappa shape index (κ3) is 2.84. The molecule has 0 spiro atoms. The monoisotopic (exact) mass is 326 g/mol. The smallest absolute Gasteiger partial charge is 0.160 e. The Balaban J connectivity index is 1.55. The number of nitrogens with zero attached hydrogens (tertiary/aromatic N) is 7. The molecule has 0 amide bonds. The number of fused-ring (bicyclic) bond motifs is 1. The number of imidazole rings is 1. The minimum atomic E-state index is 0.769. The Morgan fingerprint density at radius 1 is 1.21 bits per heavy atom. The SMILES string of the molecule is Cc1nc(C)n(CCn2ccnc2-c2cc3n(n2)CCCNC3)n1. The van der Waals surface area contributed by atoms with E-state index in [0.717, 1.165) is 62.3 Å². The average Bonchev–Trinajstić information content (AvgIpc) is 3.21. The summed E-state index contributed by atoms with van der Waals surface area (Å²) >= 11 is 0. The molecule has 0 unspecified atom stereocenters. The molecule has 0 fully saturated rings. The molecule has 4 rings (SSSR count). The molecule has 0 radical (unpaired) electrons. The maximum atomic E-state index is 4.75. The van der Waals surface area contributed by atoms with Gasteiger partial charge in [0, 0.05) is 32.0 Å². The van der Waals surface area contributed by atoms with Gasteiger partial charge in [0.1, 0.15) is 17.3 Å². The molecule has 0 saturated heterocycles. The Hall–Kier alpha value is -2.48. The van der Waals surface area contributed by atoms with Crippen LogP contribution in [0.5, 0.6) is 0 Å². The Labute approximate surface area is 140 Å². The van der Waals surface area contributed by atoms with Crippen LogP contribution in [0, 0.1) is 13.8 Å². The van der Waals surface area contributed by atoms with Crippen LogP contribution < -0.4 is 5.32 Å². The number of hydrogen-bond acceptors (Lipinski definition) is 5. The number of hydrogen-bond donors (Lipinski definition) is 1. The molecule has 1 N–H and O–H groups in total. The molecular weight excluding hydrogens is 304 g/mol. The van der Waals surface area contributed by atoms with Gasteiger partial charge >= 0.3 is 0 Å². The third-order valence-corrected chi connectivity index (χ3v) is 4.35. The first-order valence-corrected chi connectivity index (χ1v) is 8.38. The van der Waals surface area contributed by atoms with Gasteiger partial charge in [0.05, 0.1) is 12.2 Å². The van der Waals surface area contributed by atoms with Crippen molar-refractivity contribution in [2.75, 3.05) is 6.54 Å². The molecule has 0 atom stereocenters. The van der Waals surface area contributed by atoms with Crippen LogP contribution in [-0.2, 0) is 26.2 Å². The highest BCUT2D eigenvalue weighted by Gasteiger charge is 2.15. The zero-order valence-electron chi connectivity index (χ0n) is 14.1. The van der Waals surface area contributed by atoms with Gasteiger partial charge in [-0.3, -0.25) is 4.68 Å². The molecule has 0 aromatic carbocycles. The number of aromatic nitrogens is 7. The first-order valence-electron chi connectivity index (χ1n) is 8.38. The fourth-order valence-corrected chi connectivity index (χ4v) is 3.17. The highest BCUT2D eigenvalue weighted by atomic mass is 15.4. The van der Waals surface area contributed by atoms with E-state index in [0.29, 0.717) is 0 Å². The second-order valence-corrected chi connectivity index (χ2v) is 6.15. The molecule has 3 aromatic heterocycles. The largest absolute Gasteiger partial charge is 0.328 e. The van der Waals surface area contributed by atoms with Gasteiger partial charge in [0.2, 0.25) is 0 Å². The van der Waals surface area contributed by atoms with E-state index in [4.69, 9.17) is 5.10 Å². The predicted octanol–water partition coefficient (Wildman–Crippen LogP) is 1.15. The van der Waals surface area contributed by atoms with Crippen molar-refractivity contribution in [2.24, 2.45) is 0 Å². The number of aryl methyl sites for hydroxylation is 5. The summed E-state index contributed by atoms with van der Waals surface area (Å²) in [4.78, 5) is 8.86. The molecule has 0 saturated carbocycles. The lowest BCUT2D eigenvalue weighted by molar-refractivity contribution is 0.521. The van der Waals surface area contributed by atoms with Gasteiger partial charge in [-0.25, -0.2) is 14.6 Å². The molecule has 4 heterocycles. The first-order chi connectivity index (χ1) is 11.7. The van der Waals surface area contributed by atoms with Crippen LogP contribution in [0.15, 0.2) is 18.5 Å². The molecule has 1 aliphatic rings. The van der Waals surface area contributed by atoms with E-state index in [1.807, 2.05) is 30.9 Å². The van der Waals surface area contributed by atoms with Crippen molar-refractivity contribution in [3.05, 3.63) is 35.8 Å². The number of nitrogens with one attached hydrogen (secondary N) is 1. The molecular formula is C16H22N8. The van der Waals surface area contributed by atoms with E-state index in [1.54, 1.807) is 0 Å². The molecule has 24 heavy (non-hydrogen) atoms. The molecule has 8 heteroatoms. The molecule has 126 valence electrons. The summed E-state index contributed by atoms with van der Waals surface area (Å²) in [7, 11) is 0. The van der Waals surface area contributed by atoms with E-state index >= 15 is 0 Å². The second kappa shape index (κ2) is 6.20. The summed E-state index contributed by atoms with van der Waals surface area (Å²) in [6, 6.07) is 2.14. The van der Waals surface area contributed by atoms with Gasteiger partial charge in [0.15, 0.2) is 5.82 Å². The van der Waals surface area contributed by atoms with Gasteiger partial charge in [0.25, 0.3) is 0 Å². The Morgan fingerprint density at radius 2 is 2.12 bits per heavy atom. The van der Waals surface area contributed by atoms with Crippen LogP contribution in [0.3, 0.4) is 0 Å². The van der Waals surface area contributed by atoms with Gasteiger partial charge in [-0.15, -0.1) is 0 Å². The van der Waals surface area contributed by atoms with Gasteiger partial charge in [-0.2, -0.15) is 10.2 Å². The fraction of sp³-hybridized carbons (Fsp3) is 0.500. The summed E-state index contributed by atoms with van der Waals surface area (Å²) in [6.45, 7) is 8.33. The average molecular weight is 326 g/mol. The molecule has 0 aliphatic carbocycles. The lowest BCUT2D eigenvalue weighted by Gasteiger charge is -2.07. The second-order valence-electron chi connectivity index (χ2n) is 6.15. The highest BCUT2D eigenvalue weighted by molar-refractivity contribution is 5.50. The fourth-order valence-electron chi connectivity index (χ4n) is 3.17. The standard InChI is InChI=1S/C16H22N8/c1-12-19-13(2)23(20-12)9-8-22-7-5-18-16(22)15-10-14-11-17-4-3-6-24(14)21-15/h5,7,10,17H,3-4,6,8-9,11H2,1-2H3. The van der Waals surface area contributed by atoms with Gasteiger partial charge < -0.3 is 9.88 Å².